The fourth-order valence-corrected chi connectivity index (χ4v) is 7.70. The zero-order valence-corrected chi connectivity index (χ0v) is 20.8. The predicted molar refractivity (Wildman–Crippen MR) is 127 cm³/mol. The number of aliphatic hydroxyl groups excluding tert-OH is 2. The van der Waals surface area contributed by atoms with Crippen LogP contribution in [0.15, 0.2) is 23.5 Å². The van der Waals surface area contributed by atoms with Gasteiger partial charge in [-0.25, -0.2) is 0 Å². The lowest BCUT2D eigenvalue weighted by molar-refractivity contribution is -0.182. The van der Waals surface area contributed by atoms with Gasteiger partial charge in [-0.3, -0.25) is 19.2 Å². The highest BCUT2D eigenvalue weighted by Crippen LogP contribution is 2.68. The Bertz CT molecular complexity index is 1040. The molecular formula is C25H33NO8S. The molecule has 4 aliphatic carbocycles. The van der Waals surface area contributed by atoms with Crippen molar-refractivity contribution in [3.63, 3.8) is 0 Å². The molecule has 0 aromatic carbocycles. The number of esters is 1. The molecule has 0 spiro atoms. The third-order valence-corrected chi connectivity index (χ3v) is 9.74. The average Bonchev–Trinajstić information content (AvgIpc) is 3.04. The van der Waals surface area contributed by atoms with E-state index >= 15 is 0 Å². The molecule has 0 aromatic heterocycles. The number of Topliss-reactive ketones (excluding diaryl/α,β-unsaturated/α-hetero) is 1. The van der Waals surface area contributed by atoms with E-state index in [1.54, 1.807) is 0 Å². The van der Waals surface area contributed by atoms with Gasteiger partial charge in [0, 0.05) is 17.4 Å². The van der Waals surface area contributed by atoms with Gasteiger partial charge < -0.3 is 25.8 Å². The van der Waals surface area contributed by atoms with Crippen LogP contribution in [0.3, 0.4) is 0 Å². The summed E-state index contributed by atoms with van der Waals surface area (Å²) >= 11 is 4.01. The quantitative estimate of drug-likeness (QED) is 0.258. The molecular weight excluding hydrogens is 474 g/mol. The Morgan fingerprint density at radius 2 is 1.94 bits per heavy atom. The molecule has 4 rings (SSSR count). The van der Waals surface area contributed by atoms with E-state index < -0.39 is 58.0 Å². The molecule has 9 nitrogen and oxygen atoms in total. The van der Waals surface area contributed by atoms with Crippen molar-refractivity contribution in [3.8, 4) is 0 Å². The number of fused-ring (bicyclic) bond motifs is 5. The van der Waals surface area contributed by atoms with Gasteiger partial charge in [0.2, 0.25) is 5.91 Å². The van der Waals surface area contributed by atoms with Crippen LogP contribution in [0.4, 0.5) is 0 Å². The highest BCUT2D eigenvalue weighted by molar-refractivity contribution is 7.81. The van der Waals surface area contributed by atoms with Crippen molar-refractivity contribution in [1.29, 1.82) is 0 Å². The third kappa shape index (κ3) is 3.80. The summed E-state index contributed by atoms with van der Waals surface area (Å²) in [5.74, 6) is -3.03. The second-order valence-corrected chi connectivity index (χ2v) is 11.5. The van der Waals surface area contributed by atoms with Crippen molar-refractivity contribution in [3.05, 3.63) is 23.5 Å². The number of rotatable bonds is 6. The lowest BCUT2D eigenvalue weighted by Gasteiger charge is -2.60. The molecule has 5 N–H and O–H groups in total. The number of amides is 1. The molecule has 192 valence electrons. The minimum atomic E-state index is -1.72. The van der Waals surface area contributed by atoms with Gasteiger partial charge in [-0.05, 0) is 56.9 Å². The van der Waals surface area contributed by atoms with Crippen molar-refractivity contribution in [2.45, 2.75) is 69.3 Å². The Kier molecular flexibility index (Phi) is 6.57. The first-order chi connectivity index (χ1) is 16.3. The number of carbonyl (C=O) groups is 4. The molecule has 10 heteroatoms. The monoisotopic (exact) mass is 507 g/mol. The largest absolute Gasteiger partial charge is 0.430 e. The number of ether oxygens (including phenoxy) is 1. The first-order valence-electron chi connectivity index (χ1n) is 12.0. The smallest absolute Gasteiger partial charge is 0.312 e. The van der Waals surface area contributed by atoms with Gasteiger partial charge in [0.25, 0.3) is 0 Å². The minimum absolute atomic E-state index is 0.110. The zero-order valence-electron chi connectivity index (χ0n) is 19.9. The Labute approximate surface area is 209 Å². The summed E-state index contributed by atoms with van der Waals surface area (Å²) in [7, 11) is 0. The van der Waals surface area contributed by atoms with E-state index in [1.807, 2.05) is 13.8 Å². The Morgan fingerprint density at radius 3 is 2.57 bits per heavy atom. The second kappa shape index (κ2) is 8.83. The number of nitrogens with two attached hydrogens (primary N) is 1. The molecule has 8 atom stereocenters. The topological polar surface area (TPSA) is 164 Å². The Hall–Kier alpha value is -2.01. The van der Waals surface area contributed by atoms with Gasteiger partial charge in [0.1, 0.15) is 18.0 Å². The number of allylic oxidation sites excluding steroid dienone is 3. The summed E-state index contributed by atoms with van der Waals surface area (Å²) in [6, 6.07) is 0. The lowest BCUT2D eigenvalue weighted by atomic mass is 9.45. The minimum Gasteiger partial charge on any atom is -0.430 e. The molecule has 0 bridgehead atoms. The first kappa shape index (κ1) is 26.1. The maximum atomic E-state index is 12.6. The van der Waals surface area contributed by atoms with Crippen molar-refractivity contribution < 1.29 is 39.2 Å². The van der Waals surface area contributed by atoms with Crippen LogP contribution in [-0.2, 0) is 23.9 Å². The van der Waals surface area contributed by atoms with Crippen molar-refractivity contribution in [2.24, 2.45) is 34.3 Å². The van der Waals surface area contributed by atoms with Crippen LogP contribution in [0.1, 0.15) is 52.4 Å². The average molecular weight is 508 g/mol. The van der Waals surface area contributed by atoms with Gasteiger partial charge in [-0.1, -0.05) is 12.5 Å². The molecule has 0 radical (unpaired) electrons. The molecule has 0 saturated heterocycles. The molecule has 35 heavy (non-hydrogen) atoms. The van der Waals surface area contributed by atoms with Gasteiger partial charge >= 0.3 is 5.97 Å². The Balaban J connectivity index is 1.69. The summed E-state index contributed by atoms with van der Waals surface area (Å²) in [5.41, 5.74) is 2.35. The normalized spacial score (nSPS) is 41.0. The molecule has 0 aromatic rings. The summed E-state index contributed by atoms with van der Waals surface area (Å²) in [5, 5.41) is 31.3. The number of aliphatic hydroxyl groups is 3. The standard InChI is InChI=1S/C25H33NO8S/c1-23-10-16(29)21-14(15(23)5-6-25(23,33)18(30)11-27)4-3-12-7-13(28)8-19(24(12,21)2)34-20(31)9-17(35)22(26)32/h7-8,14-17,21,27,29,33,35H,3-6,9-11H2,1-2H3,(H2,26,32)/t14-,15-,16-,17?,21+,23-,24+,25-/m0/s1. The van der Waals surface area contributed by atoms with E-state index in [0.29, 0.717) is 19.3 Å². The van der Waals surface area contributed by atoms with Crippen LogP contribution in [0, 0.1) is 28.6 Å². The summed E-state index contributed by atoms with van der Waals surface area (Å²) in [6.45, 7) is 2.89. The first-order valence-corrected chi connectivity index (χ1v) is 12.5. The summed E-state index contributed by atoms with van der Waals surface area (Å²) < 4.78 is 5.64. The maximum Gasteiger partial charge on any atom is 0.312 e. The highest BCUT2D eigenvalue weighted by atomic mass is 32.1. The Morgan fingerprint density at radius 1 is 1.26 bits per heavy atom. The lowest BCUT2D eigenvalue weighted by Crippen LogP contribution is -2.62. The van der Waals surface area contributed by atoms with Crippen molar-refractivity contribution >= 4 is 36.1 Å². The van der Waals surface area contributed by atoms with Crippen LogP contribution in [0.25, 0.3) is 0 Å². The van der Waals surface area contributed by atoms with Crippen LogP contribution in [-0.4, -0.2) is 62.3 Å². The van der Waals surface area contributed by atoms with Crippen LogP contribution in [0.5, 0.6) is 0 Å². The van der Waals surface area contributed by atoms with E-state index in [1.165, 1.54) is 12.2 Å². The van der Waals surface area contributed by atoms with E-state index in [0.717, 1.165) is 5.57 Å². The van der Waals surface area contributed by atoms with E-state index in [-0.39, 0.29) is 42.6 Å². The number of primary amides is 1. The van der Waals surface area contributed by atoms with Crippen molar-refractivity contribution in [2.75, 3.05) is 6.61 Å². The van der Waals surface area contributed by atoms with E-state index in [2.05, 4.69) is 12.6 Å². The molecule has 0 aliphatic heterocycles. The SMILES string of the molecule is C[C@@]12C(=CC(=O)C=C1OC(=O)CC(S)C(N)=O)CC[C@@H]1[C@@H]2[C@@H](O)C[C@@]2(C)[C@H]1CC[C@]2(O)C(=O)CO. The third-order valence-electron chi connectivity index (χ3n) is 9.31. The van der Waals surface area contributed by atoms with Gasteiger partial charge in [-0.15, -0.1) is 0 Å². The molecule has 0 heterocycles. The summed E-state index contributed by atoms with van der Waals surface area (Å²) in [4.78, 5) is 49.0. The van der Waals surface area contributed by atoms with Crippen LogP contribution in [0.2, 0.25) is 0 Å². The number of thiol groups is 1. The predicted octanol–water partition coefficient (Wildman–Crippen LogP) is 0.602. The molecule has 3 fully saturated rings. The zero-order chi connectivity index (χ0) is 25.9. The van der Waals surface area contributed by atoms with E-state index in [9.17, 15) is 34.5 Å². The molecule has 1 amide bonds. The number of hydrogen-bond donors (Lipinski definition) is 5. The molecule has 4 aliphatic rings. The van der Waals surface area contributed by atoms with Crippen molar-refractivity contribution in [1.82, 2.24) is 0 Å². The number of ketones is 2. The van der Waals surface area contributed by atoms with Gasteiger partial charge in [0.05, 0.1) is 23.2 Å². The second-order valence-electron chi connectivity index (χ2n) is 10.9. The van der Waals surface area contributed by atoms with Crippen LogP contribution < -0.4 is 5.73 Å². The van der Waals surface area contributed by atoms with Crippen LogP contribution >= 0.6 is 12.6 Å². The summed E-state index contributed by atoms with van der Waals surface area (Å²) in [6.07, 6.45) is 3.50. The van der Waals surface area contributed by atoms with Gasteiger partial charge in [-0.2, -0.15) is 12.6 Å². The number of hydrogen-bond acceptors (Lipinski definition) is 9. The van der Waals surface area contributed by atoms with Gasteiger partial charge in [0.15, 0.2) is 11.6 Å². The number of carbonyl (C=O) groups excluding carboxylic acids is 4. The molecule has 3 saturated carbocycles. The fourth-order valence-electron chi connectivity index (χ4n) is 7.55. The maximum absolute atomic E-state index is 12.6. The van der Waals surface area contributed by atoms with E-state index in [4.69, 9.17) is 10.5 Å². The highest BCUT2D eigenvalue weighted by Gasteiger charge is 2.69. The fraction of sp³-hybridized carbons (Fsp3) is 0.680. The molecule has 1 unspecified atom stereocenters.